The third-order valence-corrected chi connectivity index (χ3v) is 5.14. The van der Waals surface area contributed by atoms with Gasteiger partial charge in [-0.15, -0.1) is 0 Å². The van der Waals surface area contributed by atoms with E-state index in [9.17, 15) is 0 Å². The zero-order chi connectivity index (χ0) is 19.5. The SMILES string of the molecule is C.C.COc1ccc(-c2ccc3nc(N)c(-c4ccc(CSN)cc4)cc3c2)cn1. The summed E-state index contributed by atoms with van der Waals surface area (Å²) in [6, 6.07) is 20.3. The number of ether oxygens (including phenoxy) is 1. The predicted molar refractivity (Wildman–Crippen MR) is 130 cm³/mol. The van der Waals surface area contributed by atoms with E-state index in [1.165, 1.54) is 17.5 Å². The van der Waals surface area contributed by atoms with E-state index in [-0.39, 0.29) is 14.9 Å². The largest absolute Gasteiger partial charge is 0.481 e. The fraction of sp³-hybridized carbons (Fsp3) is 0.167. The van der Waals surface area contributed by atoms with Crippen LogP contribution < -0.4 is 15.6 Å². The third-order valence-electron chi connectivity index (χ3n) is 4.64. The quantitative estimate of drug-likeness (QED) is 0.389. The summed E-state index contributed by atoms with van der Waals surface area (Å²) in [6.07, 6.45) is 1.81. The highest BCUT2D eigenvalue weighted by Crippen LogP contribution is 2.31. The number of nitrogen functional groups attached to an aromatic ring is 1. The zero-order valence-electron chi connectivity index (χ0n) is 15.4. The monoisotopic (exact) mass is 420 g/mol. The lowest BCUT2D eigenvalue weighted by atomic mass is 10.0. The Hall–Kier alpha value is -3.09. The second kappa shape index (κ2) is 10.1. The second-order valence-corrected chi connectivity index (χ2v) is 7.05. The van der Waals surface area contributed by atoms with Crippen molar-refractivity contribution in [2.45, 2.75) is 20.6 Å². The van der Waals surface area contributed by atoms with Crippen LogP contribution in [0, 0.1) is 0 Å². The van der Waals surface area contributed by atoms with Crippen LogP contribution >= 0.6 is 11.9 Å². The van der Waals surface area contributed by atoms with Crippen molar-refractivity contribution >= 4 is 28.7 Å². The fourth-order valence-electron chi connectivity index (χ4n) is 3.15. The molecule has 4 N–H and O–H groups in total. The molecule has 156 valence electrons. The number of aromatic nitrogens is 2. The maximum absolute atomic E-state index is 6.24. The number of hydrogen-bond acceptors (Lipinski definition) is 6. The maximum Gasteiger partial charge on any atom is 0.212 e. The van der Waals surface area contributed by atoms with Crippen LogP contribution in [-0.2, 0) is 5.75 Å². The molecule has 0 aliphatic rings. The minimum Gasteiger partial charge on any atom is -0.481 e. The van der Waals surface area contributed by atoms with Crippen LogP contribution in [0.1, 0.15) is 20.4 Å². The van der Waals surface area contributed by atoms with Crippen molar-refractivity contribution in [1.29, 1.82) is 0 Å². The average Bonchev–Trinajstić information content (AvgIpc) is 2.74. The van der Waals surface area contributed by atoms with Gasteiger partial charge in [0.25, 0.3) is 0 Å². The highest BCUT2D eigenvalue weighted by Gasteiger charge is 2.09. The van der Waals surface area contributed by atoms with Crippen LogP contribution in [0.15, 0.2) is 66.9 Å². The molecule has 4 rings (SSSR count). The van der Waals surface area contributed by atoms with Gasteiger partial charge in [-0.25, -0.2) is 9.97 Å². The molecule has 4 aromatic rings. The summed E-state index contributed by atoms with van der Waals surface area (Å²) in [5, 5.41) is 6.58. The molecule has 2 heterocycles. The zero-order valence-corrected chi connectivity index (χ0v) is 16.2. The molecule has 0 spiro atoms. The molecule has 0 atom stereocenters. The summed E-state index contributed by atoms with van der Waals surface area (Å²) in [4.78, 5) is 8.88. The van der Waals surface area contributed by atoms with Crippen LogP contribution in [0.3, 0.4) is 0 Å². The topological polar surface area (TPSA) is 87.0 Å². The summed E-state index contributed by atoms with van der Waals surface area (Å²) in [5.41, 5.74) is 12.3. The molecule has 0 aliphatic carbocycles. The van der Waals surface area contributed by atoms with E-state index >= 15 is 0 Å². The highest BCUT2D eigenvalue weighted by atomic mass is 32.2. The minimum absolute atomic E-state index is 0. The lowest BCUT2D eigenvalue weighted by Gasteiger charge is -2.10. The second-order valence-electron chi connectivity index (χ2n) is 6.43. The average molecular weight is 421 g/mol. The Morgan fingerprint density at radius 1 is 0.900 bits per heavy atom. The number of fused-ring (bicyclic) bond motifs is 1. The van der Waals surface area contributed by atoms with Crippen molar-refractivity contribution in [3.05, 3.63) is 72.4 Å². The van der Waals surface area contributed by atoms with E-state index in [0.29, 0.717) is 11.7 Å². The van der Waals surface area contributed by atoms with Crippen LogP contribution in [0.2, 0.25) is 0 Å². The molecular weight excluding hydrogens is 392 g/mol. The lowest BCUT2D eigenvalue weighted by molar-refractivity contribution is 0.398. The highest BCUT2D eigenvalue weighted by molar-refractivity contribution is 7.96. The molecule has 0 fully saturated rings. The Bertz CT molecular complexity index is 1110. The molecule has 0 radical (unpaired) electrons. The van der Waals surface area contributed by atoms with Gasteiger partial charge in [0.2, 0.25) is 5.88 Å². The van der Waals surface area contributed by atoms with Gasteiger partial charge in [0.05, 0.1) is 12.6 Å². The Morgan fingerprint density at radius 3 is 2.23 bits per heavy atom. The third kappa shape index (κ3) is 4.72. The lowest BCUT2D eigenvalue weighted by Crippen LogP contribution is -1.96. The van der Waals surface area contributed by atoms with Crippen molar-refractivity contribution in [2.75, 3.05) is 12.8 Å². The minimum atomic E-state index is 0. The summed E-state index contributed by atoms with van der Waals surface area (Å²) in [5.74, 6) is 1.90. The number of nitrogens with two attached hydrogens (primary N) is 2. The van der Waals surface area contributed by atoms with E-state index in [1.54, 1.807) is 13.3 Å². The molecule has 30 heavy (non-hydrogen) atoms. The van der Waals surface area contributed by atoms with E-state index in [0.717, 1.165) is 38.9 Å². The number of methoxy groups -OCH3 is 1. The van der Waals surface area contributed by atoms with Crippen LogP contribution in [0.5, 0.6) is 5.88 Å². The van der Waals surface area contributed by atoms with Crippen molar-refractivity contribution in [3.8, 4) is 28.1 Å². The van der Waals surface area contributed by atoms with Gasteiger partial charge in [-0.3, -0.25) is 5.14 Å². The summed E-state index contributed by atoms with van der Waals surface area (Å²) >= 11 is 1.31. The molecule has 0 bridgehead atoms. The van der Waals surface area contributed by atoms with Crippen LogP contribution in [0.4, 0.5) is 5.82 Å². The first-order valence-corrected chi connectivity index (χ1v) is 9.84. The van der Waals surface area contributed by atoms with Crippen LogP contribution in [-0.4, -0.2) is 17.1 Å². The van der Waals surface area contributed by atoms with Gasteiger partial charge in [-0.2, -0.15) is 0 Å². The van der Waals surface area contributed by atoms with Gasteiger partial charge in [0, 0.05) is 34.5 Å². The first-order chi connectivity index (χ1) is 13.7. The number of pyridine rings is 2. The van der Waals surface area contributed by atoms with Gasteiger partial charge in [0.1, 0.15) is 5.82 Å². The maximum atomic E-state index is 6.24. The number of benzene rings is 2. The normalized spacial score (nSPS) is 10.2. The Kier molecular flexibility index (Phi) is 7.80. The molecule has 0 saturated carbocycles. The van der Waals surface area contributed by atoms with Gasteiger partial charge >= 0.3 is 0 Å². The van der Waals surface area contributed by atoms with E-state index < -0.39 is 0 Å². The fourth-order valence-corrected chi connectivity index (χ4v) is 3.54. The molecule has 2 aromatic carbocycles. The summed E-state index contributed by atoms with van der Waals surface area (Å²) in [6.45, 7) is 0. The van der Waals surface area contributed by atoms with Crippen molar-refractivity contribution in [1.82, 2.24) is 9.97 Å². The summed E-state index contributed by atoms with van der Waals surface area (Å²) in [7, 11) is 1.61. The predicted octanol–water partition coefficient (Wildman–Crippen LogP) is 5.93. The molecule has 0 amide bonds. The molecule has 5 nitrogen and oxygen atoms in total. The number of rotatable bonds is 5. The Balaban J connectivity index is 0.00000160. The smallest absolute Gasteiger partial charge is 0.212 e. The number of nitrogens with zero attached hydrogens (tertiary/aromatic N) is 2. The first kappa shape index (κ1) is 23.2. The van der Waals surface area contributed by atoms with E-state index in [1.807, 2.05) is 24.3 Å². The van der Waals surface area contributed by atoms with Gasteiger partial charge in [-0.1, -0.05) is 57.1 Å². The molecule has 0 unspecified atom stereocenters. The van der Waals surface area contributed by atoms with Crippen molar-refractivity contribution in [2.24, 2.45) is 5.14 Å². The van der Waals surface area contributed by atoms with Crippen molar-refractivity contribution < 1.29 is 4.74 Å². The van der Waals surface area contributed by atoms with E-state index in [2.05, 4.69) is 46.4 Å². The first-order valence-electron chi connectivity index (χ1n) is 8.79. The van der Waals surface area contributed by atoms with Crippen molar-refractivity contribution in [3.63, 3.8) is 0 Å². The molecular formula is C24H28N4OS. The van der Waals surface area contributed by atoms with E-state index in [4.69, 9.17) is 15.6 Å². The molecule has 6 heteroatoms. The van der Waals surface area contributed by atoms with Crippen LogP contribution in [0.25, 0.3) is 33.2 Å². The number of anilines is 1. The Labute approximate surface area is 182 Å². The summed E-state index contributed by atoms with van der Waals surface area (Å²) < 4.78 is 5.13. The standard InChI is InChI=1S/C22H20N4OS.2CH4/c1-27-21-9-7-17(12-25-21)16-6-8-20-18(10-16)11-19(22(23)26-20)15-4-2-14(3-5-15)13-28-24;;/h2-12H,13,24H2,1H3,(H2,23,26);2*1H4. The van der Waals surface area contributed by atoms with Gasteiger partial charge < -0.3 is 10.5 Å². The van der Waals surface area contributed by atoms with Gasteiger partial charge in [-0.05, 0) is 41.0 Å². The molecule has 0 aliphatic heterocycles. The Morgan fingerprint density at radius 2 is 1.60 bits per heavy atom. The molecule has 0 saturated heterocycles. The van der Waals surface area contributed by atoms with Gasteiger partial charge in [0.15, 0.2) is 0 Å². The number of hydrogen-bond donors (Lipinski definition) is 2. The molecule has 2 aromatic heterocycles.